The van der Waals surface area contributed by atoms with Crippen LogP contribution in [0.15, 0.2) is 18.2 Å². The Hall–Kier alpha value is -0.320. The van der Waals surface area contributed by atoms with E-state index in [0.29, 0.717) is 11.1 Å². The van der Waals surface area contributed by atoms with Gasteiger partial charge in [-0.2, -0.15) is 0 Å². The molecule has 124 valence electrons. The third kappa shape index (κ3) is 5.71. The molecule has 1 aromatic carbocycles. The summed E-state index contributed by atoms with van der Waals surface area (Å²) in [5.41, 5.74) is 1.13. The highest BCUT2D eigenvalue weighted by atomic mass is 35.5. The predicted octanol–water partition coefficient (Wildman–Crippen LogP) is 3.97. The van der Waals surface area contributed by atoms with Gasteiger partial charge in [-0.1, -0.05) is 29.3 Å². The van der Waals surface area contributed by atoms with Crippen molar-refractivity contribution in [3.63, 3.8) is 0 Å². The minimum absolute atomic E-state index is 0.272. The lowest BCUT2D eigenvalue weighted by Gasteiger charge is -2.35. The van der Waals surface area contributed by atoms with Gasteiger partial charge in [-0.05, 0) is 57.5 Å². The maximum absolute atomic E-state index is 6.34. The number of benzene rings is 1. The first-order chi connectivity index (χ1) is 10.6. The molecule has 1 aromatic rings. The minimum Gasteiger partial charge on any atom is -0.377 e. The van der Waals surface area contributed by atoms with Gasteiger partial charge in [0.25, 0.3) is 0 Å². The molecule has 0 bridgehead atoms. The Kier molecular flexibility index (Phi) is 7.45. The molecule has 0 amide bonds. The smallest absolute Gasteiger partial charge is 0.0597 e. The lowest BCUT2D eigenvalue weighted by molar-refractivity contribution is 0.0414. The Morgan fingerprint density at radius 3 is 2.64 bits per heavy atom. The van der Waals surface area contributed by atoms with Crippen LogP contribution in [0.2, 0.25) is 10.0 Å². The van der Waals surface area contributed by atoms with Gasteiger partial charge in [0.2, 0.25) is 0 Å². The molecule has 0 spiro atoms. The van der Waals surface area contributed by atoms with E-state index in [9.17, 15) is 0 Å². The van der Waals surface area contributed by atoms with E-state index < -0.39 is 0 Å². The van der Waals surface area contributed by atoms with Crippen LogP contribution in [0.4, 0.5) is 0 Å². The number of rotatable bonds is 7. The zero-order valence-electron chi connectivity index (χ0n) is 13.4. The van der Waals surface area contributed by atoms with Crippen LogP contribution in [0, 0.1) is 0 Å². The van der Waals surface area contributed by atoms with Gasteiger partial charge in [0, 0.05) is 29.2 Å². The van der Waals surface area contributed by atoms with E-state index in [2.05, 4.69) is 24.1 Å². The van der Waals surface area contributed by atoms with Gasteiger partial charge < -0.3 is 10.1 Å². The van der Waals surface area contributed by atoms with Crippen molar-refractivity contribution in [1.82, 2.24) is 10.2 Å². The van der Waals surface area contributed by atoms with Crippen LogP contribution in [-0.4, -0.2) is 43.3 Å². The third-order valence-electron chi connectivity index (χ3n) is 4.04. The quantitative estimate of drug-likeness (QED) is 0.809. The second-order valence-electron chi connectivity index (χ2n) is 6.11. The molecule has 1 heterocycles. The summed E-state index contributed by atoms with van der Waals surface area (Å²) in [6, 6.07) is 6.35. The molecule has 1 N–H and O–H groups in total. The predicted molar refractivity (Wildman–Crippen MR) is 93.9 cm³/mol. The summed E-state index contributed by atoms with van der Waals surface area (Å²) in [7, 11) is 0. The van der Waals surface area contributed by atoms with E-state index in [0.717, 1.165) is 43.4 Å². The lowest BCUT2D eigenvalue weighted by atomic mass is 10.0. The summed E-state index contributed by atoms with van der Waals surface area (Å²) in [6.45, 7) is 8.85. The Bertz CT molecular complexity index is 462. The lowest BCUT2D eigenvalue weighted by Crippen LogP contribution is -2.44. The van der Waals surface area contributed by atoms with Gasteiger partial charge in [0.1, 0.15) is 0 Å². The molecule has 1 saturated heterocycles. The normalized spacial score (nSPS) is 16.6. The summed E-state index contributed by atoms with van der Waals surface area (Å²) in [5, 5.41) is 4.86. The Balaban J connectivity index is 2.01. The molecule has 5 heteroatoms. The summed E-state index contributed by atoms with van der Waals surface area (Å²) < 4.78 is 5.74. The molecule has 1 aliphatic heterocycles. The molecule has 0 unspecified atom stereocenters. The maximum atomic E-state index is 6.34. The molecule has 2 rings (SSSR count). The van der Waals surface area contributed by atoms with Crippen LogP contribution < -0.4 is 5.32 Å². The molecule has 0 atom stereocenters. The average Bonchev–Trinajstić information content (AvgIpc) is 2.49. The van der Waals surface area contributed by atoms with Crippen LogP contribution in [-0.2, 0) is 11.3 Å². The molecule has 1 aliphatic rings. The highest BCUT2D eigenvalue weighted by Crippen LogP contribution is 2.24. The number of hydrogen-bond acceptors (Lipinski definition) is 3. The Morgan fingerprint density at radius 2 is 2.00 bits per heavy atom. The van der Waals surface area contributed by atoms with Crippen molar-refractivity contribution in [1.29, 1.82) is 0 Å². The van der Waals surface area contributed by atoms with Crippen molar-refractivity contribution in [2.45, 2.75) is 45.4 Å². The SMILES string of the molecule is CC(C)OCCN(Cc1ccc(Cl)cc1Cl)C1CCNCC1. The zero-order chi connectivity index (χ0) is 15.9. The first kappa shape index (κ1) is 18.0. The largest absolute Gasteiger partial charge is 0.377 e. The van der Waals surface area contributed by atoms with E-state index in [1.54, 1.807) is 0 Å². The number of hydrogen-bond donors (Lipinski definition) is 1. The van der Waals surface area contributed by atoms with Crippen LogP contribution in [0.1, 0.15) is 32.3 Å². The third-order valence-corrected chi connectivity index (χ3v) is 4.63. The van der Waals surface area contributed by atoms with Crippen LogP contribution in [0.3, 0.4) is 0 Å². The maximum Gasteiger partial charge on any atom is 0.0597 e. The average molecular weight is 345 g/mol. The van der Waals surface area contributed by atoms with Crippen molar-refractivity contribution in [3.8, 4) is 0 Å². The molecular weight excluding hydrogens is 319 g/mol. The van der Waals surface area contributed by atoms with Crippen molar-refractivity contribution < 1.29 is 4.74 Å². The highest BCUT2D eigenvalue weighted by Gasteiger charge is 2.21. The number of ether oxygens (including phenoxy) is 1. The second kappa shape index (κ2) is 9.09. The standard InChI is InChI=1S/C17H26Cl2N2O/c1-13(2)22-10-9-21(16-5-7-20-8-6-16)12-14-3-4-15(18)11-17(14)19/h3-4,11,13,16,20H,5-10,12H2,1-2H3. The molecule has 3 nitrogen and oxygen atoms in total. The van der Waals surface area contributed by atoms with E-state index in [-0.39, 0.29) is 6.10 Å². The van der Waals surface area contributed by atoms with Gasteiger partial charge >= 0.3 is 0 Å². The molecule has 0 aromatic heterocycles. The summed E-state index contributed by atoms with van der Waals surface area (Å²) in [6.07, 6.45) is 2.62. The number of nitrogens with zero attached hydrogens (tertiary/aromatic N) is 1. The number of piperidine rings is 1. The monoisotopic (exact) mass is 344 g/mol. The van der Waals surface area contributed by atoms with Crippen molar-refractivity contribution in [3.05, 3.63) is 33.8 Å². The van der Waals surface area contributed by atoms with E-state index in [1.165, 1.54) is 12.8 Å². The molecule has 1 fully saturated rings. The van der Waals surface area contributed by atoms with E-state index in [1.807, 2.05) is 18.2 Å². The Labute approximate surface area is 143 Å². The van der Waals surface area contributed by atoms with E-state index in [4.69, 9.17) is 27.9 Å². The van der Waals surface area contributed by atoms with Crippen molar-refractivity contribution in [2.24, 2.45) is 0 Å². The minimum atomic E-state index is 0.272. The van der Waals surface area contributed by atoms with Gasteiger partial charge in [-0.25, -0.2) is 0 Å². The van der Waals surface area contributed by atoms with Crippen molar-refractivity contribution >= 4 is 23.2 Å². The van der Waals surface area contributed by atoms with Crippen LogP contribution >= 0.6 is 23.2 Å². The van der Waals surface area contributed by atoms with Crippen LogP contribution in [0.25, 0.3) is 0 Å². The number of nitrogens with one attached hydrogen (secondary N) is 1. The number of halogens is 2. The van der Waals surface area contributed by atoms with Gasteiger partial charge in [0.15, 0.2) is 0 Å². The second-order valence-corrected chi connectivity index (χ2v) is 6.95. The first-order valence-corrected chi connectivity index (χ1v) is 8.82. The van der Waals surface area contributed by atoms with Crippen LogP contribution in [0.5, 0.6) is 0 Å². The molecular formula is C17H26Cl2N2O. The summed E-state index contributed by atoms with van der Waals surface area (Å²) >= 11 is 12.3. The molecule has 0 saturated carbocycles. The zero-order valence-corrected chi connectivity index (χ0v) is 15.0. The van der Waals surface area contributed by atoms with Gasteiger partial charge in [0.05, 0.1) is 12.7 Å². The van der Waals surface area contributed by atoms with Gasteiger partial charge in [-0.15, -0.1) is 0 Å². The summed E-state index contributed by atoms with van der Waals surface area (Å²) in [4.78, 5) is 2.50. The van der Waals surface area contributed by atoms with Gasteiger partial charge in [-0.3, -0.25) is 4.90 Å². The van der Waals surface area contributed by atoms with Crippen molar-refractivity contribution in [2.75, 3.05) is 26.2 Å². The highest BCUT2D eigenvalue weighted by molar-refractivity contribution is 6.35. The van der Waals surface area contributed by atoms with E-state index >= 15 is 0 Å². The fourth-order valence-corrected chi connectivity index (χ4v) is 3.31. The topological polar surface area (TPSA) is 24.5 Å². The molecule has 0 aliphatic carbocycles. The fraction of sp³-hybridized carbons (Fsp3) is 0.647. The Morgan fingerprint density at radius 1 is 1.27 bits per heavy atom. The molecule has 0 radical (unpaired) electrons. The fourth-order valence-electron chi connectivity index (χ4n) is 2.84. The first-order valence-electron chi connectivity index (χ1n) is 8.06. The summed E-state index contributed by atoms with van der Waals surface area (Å²) in [5.74, 6) is 0. The molecule has 22 heavy (non-hydrogen) atoms.